The van der Waals surface area contributed by atoms with Crippen molar-refractivity contribution in [1.82, 2.24) is 0 Å². The normalized spacial score (nSPS) is 11.7. The molecule has 0 aromatic heterocycles. The van der Waals surface area contributed by atoms with Gasteiger partial charge in [-0.3, -0.25) is 0 Å². The number of hydrogen-bond acceptors (Lipinski definition) is 1. The van der Waals surface area contributed by atoms with E-state index in [9.17, 15) is 4.39 Å². The molecule has 0 radical (unpaired) electrons. The minimum atomic E-state index is -0.158. The predicted molar refractivity (Wildman–Crippen MR) is 62.0 cm³/mol. The summed E-state index contributed by atoms with van der Waals surface area (Å²) in [6, 6.07) is 6.75. The SMILES string of the molecule is CC(C)(C)CSCc1ccc(F)cc1. The van der Waals surface area contributed by atoms with Crippen LogP contribution >= 0.6 is 11.8 Å². The first-order chi connectivity index (χ1) is 6.47. The van der Waals surface area contributed by atoms with Gasteiger partial charge >= 0.3 is 0 Å². The van der Waals surface area contributed by atoms with Gasteiger partial charge in [0.25, 0.3) is 0 Å². The van der Waals surface area contributed by atoms with Crippen molar-refractivity contribution in [2.24, 2.45) is 5.41 Å². The minimum Gasteiger partial charge on any atom is -0.207 e. The lowest BCUT2D eigenvalue weighted by atomic mass is 10.0. The van der Waals surface area contributed by atoms with Gasteiger partial charge in [-0.15, -0.1) is 0 Å². The molecule has 0 heterocycles. The largest absolute Gasteiger partial charge is 0.207 e. The van der Waals surface area contributed by atoms with Crippen molar-refractivity contribution in [3.63, 3.8) is 0 Å². The molecule has 0 spiro atoms. The number of rotatable bonds is 3. The maximum absolute atomic E-state index is 12.6. The Balaban J connectivity index is 2.35. The molecule has 0 unspecified atom stereocenters. The van der Waals surface area contributed by atoms with Gasteiger partial charge < -0.3 is 0 Å². The monoisotopic (exact) mass is 212 g/mol. The highest BCUT2D eigenvalue weighted by molar-refractivity contribution is 7.98. The first kappa shape index (κ1) is 11.6. The molecule has 0 bridgehead atoms. The van der Waals surface area contributed by atoms with Crippen LogP contribution in [0, 0.1) is 11.2 Å². The molecule has 78 valence electrons. The molecule has 0 nitrogen and oxygen atoms in total. The Bertz CT molecular complexity index is 271. The maximum atomic E-state index is 12.6. The van der Waals surface area contributed by atoms with Crippen LogP contribution in [-0.2, 0) is 5.75 Å². The van der Waals surface area contributed by atoms with Gasteiger partial charge in [0.1, 0.15) is 5.82 Å². The Labute approximate surface area is 89.9 Å². The van der Waals surface area contributed by atoms with Crippen LogP contribution in [0.15, 0.2) is 24.3 Å². The molecule has 0 atom stereocenters. The summed E-state index contributed by atoms with van der Waals surface area (Å²) in [7, 11) is 0. The molecule has 0 amide bonds. The average molecular weight is 212 g/mol. The van der Waals surface area contributed by atoms with Crippen molar-refractivity contribution in [3.8, 4) is 0 Å². The van der Waals surface area contributed by atoms with Gasteiger partial charge in [-0.05, 0) is 28.9 Å². The maximum Gasteiger partial charge on any atom is 0.123 e. The topological polar surface area (TPSA) is 0 Å². The van der Waals surface area contributed by atoms with E-state index in [0.29, 0.717) is 5.41 Å². The third-order valence-electron chi connectivity index (χ3n) is 1.72. The molecule has 0 N–H and O–H groups in total. The second kappa shape index (κ2) is 4.83. The van der Waals surface area contributed by atoms with Crippen LogP contribution in [0.1, 0.15) is 26.3 Å². The van der Waals surface area contributed by atoms with Crippen LogP contribution in [0.3, 0.4) is 0 Å². The Morgan fingerprint density at radius 1 is 1.14 bits per heavy atom. The van der Waals surface area contributed by atoms with E-state index >= 15 is 0 Å². The van der Waals surface area contributed by atoms with Crippen LogP contribution in [0.5, 0.6) is 0 Å². The molecule has 2 heteroatoms. The number of halogens is 1. The highest BCUT2D eigenvalue weighted by Crippen LogP contribution is 2.23. The van der Waals surface area contributed by atoms with Gasteiger partial charge in [0.2, 0.25) is 0 Å². The van der Waals surface area contributed by atoms with Crippen molar-refractivity contribution in [2.75, 3.05) is 5.75 Å². The minimum absolute atomic E-state index is 0.158. The summed E-state index contributed by atoms with van der Waals surface area (Å²) < 4.78 is 12.6. The zero-order valence-electron chi connectivity index (χ0n) is 9.01. The first-order valence-electron chi connectivity index (χ1n) is 4.79. The number of hydrogen-bond donors (Lipinski definition) is 0. The van der Waals surface area contributed by atoms with Gasteiger partial charge in [-0.1, -0.05) is 32.9 Å². The highest BCUT2D eigenvalue weighted by Gasteiger charge is 2.09. The van der Waals surface area contributed by atoms with E-state index in [1.54, 1.807) is 0 Å². The van der Waals surface area contributed by atoms with Crippen molar-refractivity contribution >= 4 is 11.8 Å². The molecular weight excluding hydrogens is 195 g/mol. The molecule has 0 saturated carbocycles. The zero-order chi connectivity index (χ0) is 10.6. The highest BCUT2D eigenvalue weighted by atomic mass is 32.2. The summed E-state index contributed by atoms with van der Waals surface area (Å²) in [6.45, 7) is 6.68. The molecule has 1 rings (SSSR count). The molecule has 1 aromatic carbocycles. The van der Waals surface area contributed by atoms with E-state index in [0.717, 1.165) is 11.5 Å². The molecule has 0 fully saturated rings. The second-order valence-electron chi connectivity index (χ2n) is 4.68. The fourth-order valence-corrected chi connectivity index (χ4v) is 2.20. The van der Waals surface area contributed by atoms with Gasteiger partial charge in [-0.2, -0.15) is 11.8 Å². The lowest BCUT2D eigenvalue weighted by molar-refractivity contribution is 0.480. The fourth-order valence-electron chi connectivity index (χ4n) is 1.06. The Morgan fingerprint density at radius 3 is 2.21 bits per heavy atom. The summed E-state index contributed by atoms with van der Waals surface area (Å²) in [5.74, 6) is 1.94. The molecule has 0 saturated heterocycles. The zero-order valence-corrected chi connectivity index (χ0v) is 9.83. The van der Waals surface area contributed by atoms with E-state index in [-0.39, 0.29) is 5.82 Å². The summed E-state index contributed by atoms with van der Waals surface area (Å²) in [5.41, 5.74) is 1.56. The van der Waals surface area contributed by atoms with Crippen LogP contribution in [0.25, 0.3) is 0 Å². The second-order valence-corrected chi connectivity index (χ2v) is 5.67. The van der Waals surface area contributed by atoms with E-state index in [1.165, 1.54) is 17.7 Å². The molecule has 1 aromatic rings. The predicted octanol–water partition coefficient (Wildman–Crippen LogP) is 4.11. The Kier molecular flexibility index (Phi) is 3.99. The standard InChI is InChI=1S/C12H17FS/c1-12(2,3)9-14-8-10-4-6-11(13)7-5-10/h4-7H,8-9H2,1-3H3. The molecule has 0 aliphatic rings. The van der Waals surface area contributed by atoms with Crippen LogP contribution in [0.2, 0.25) is 0 Å². The molecule has 0 aliphatic heterocycles. The van der Waals surface area contributed by atoms with Crippen molar-refractivity contribution in [2.45, 2.75) is 26.5 Å². The lowest BCUT2D eigenvalue weighted by Crippen LogP contribution is -2.08. The van der Waals surface area contributed by atoms with Crippen molar-refractivity contribution < 1.29 is 4.39 Å². The summed E-state index contributed by atoms with van der Waals surface area (Å²) in [6.07, 6.45) is 0. The fraction of sp³-hybridized carbons (Fsp3) is 0.500. The van der Waals surface area contributed by atoms with Crippen molar-refractivity contribution in [3.05, 3.63) is 35.6 Å². The summed E-state index contributed by atoms with van der Waals surface area (Å²) in [5, 5.41) is 0. The molecule has 0 aliphatic carbocycles. The molecular formula is C12H17FS. The quantitative estimate of drug-likeness (QED) is 0.726. The van der Waals surface area contributed by atoms with Crippen molar-refractivity contribution in [1.29, 1.82) is 0 Å². The number of thioether (sulfide) groups is 1. The van der Waals surface area contributed by atoms with Gasteiger partial charge in [0, 0.05) is 5.75 Å². The summed E-state index contributed by atoms with van der Waals surface area (Å²) >= 11 is 1.90. The van der Waals surface area contributed by atoms with Gasteiger partial charge in [0.15, 0.2) is 0 Å². The number of benzene rings is 1. The van der Waals surface area contributed by atoms with E-state index in [4.69, 9.17) is 0 Å². The first-order valence-corrected chi connectivity index (χ1v) is 5.95. The third kappa shape index (κ3) is 4.66. The molecule has 14 heavy (non-hydrogen) atoms. The third-order valence-corrected chi connectivity index (χ3v) is 3.32. The van der Waals surface area contributed by atoms with Gasteiger partial charge in [0.05, 0.1) is 0 Å². The van der Waals surface area contributed by atoms with E-state index < -0.39 is 0 Å². The van der Waals surface area contributed by atoms with Gasteiger partial charge in [-0.25, -0.2) is 4.39 Å². The van der Waals surface area contributed by atoms with E-state index in [1.807, 2.05) is 23.9 Å². The Morgan fingerprint density at radius 2 is 1.71 bits per heavy atom. The van der Waals surface area contributed by atoms with Crippen LogP contribution in [0.4, 0.5) is 4.39 Å². The lowest BCUT2D eigenvalue weighted by Gasteiger charge is -2.17. The van der Waals surface area contributed by atoms with E-state index in [2.05, 4.69) is 20.8 Å². The van der Waals surface area contributed by atoms with Crippen LogP contribution in [-0.4, -0.2) is 5.75 Å². The average Bonchev–Trinajstić information content (AvgIpc) is 2.06. The summed E-state index contributed by atoms with van der Waals surface area (Å²) in [4.78, 5) is 0. The Hall–Kier alpha value is -0.500. The van der Waals surface area contributed by atoms with Crippen LogP contribution < -0.4 is 0 Å². The smallest absolute Gasteiger partial charge is 0.123 e.